The second kappa shape index (κ2) is 10.3. The minimum absolute atomic E-state index is 0.00390. The van der Waals surface area contributed by atoms with Crippen LogP contribution in [0, 0.1) is 5.92 Å². The first-order valence-electron chi connectivity index (χ1n) is 11.6. The molecule has 180 valence electrons. The predicted molar refractivity (Wildman–Crippen MR) is 125 cm³/mol. The lowest BCUT2D eigenvalue weighted by atomic mass is 9.98. The van der Waals surface area contributed by atoms with Gasteiger partial charge < -0.3 is 24.8 Å². The largest absolute Gasteiger partial charge is 0.479 e. The summed E-state index contributed by atoms with van der Waals surface area (Å²) in [7, 11) is 0. The molecule has 8 heteroatoms. The number of nitrogens with one attached hydrogen (secondary N) is 1. The van der Waals surface area contributed by atoms with Crippen LogP contribution in [0.15, 0.2) is 48.5 Å². The van der Waals surface area contributed by atoms with Gasteiger partial charge in [0.05, 0.1) is 13.2 Å². The van der Waals surface area contributed by atoms with Crippen molar-refractivity contribution in [3.63, 3.8) is 0 Å². The number of benzene rings is 2. The summed E-state index contributed by atoms with van der Waals surface area (Å²) in [6, 6.07) is 15.8. The number of carbonyl (C=O) groups is 3. The molecule has 0 saturated carbocycles. The van der Waals surface area contributed by atoms with Gasteiger partial charge in [-0.25, -0.2) is 9.59 Å². The summed E-state index contributed by atoms with van der Waals surface area (Å²) >= 11 is 0. The molecule has 2 amide bonds. The van der Waals surface area contributed by atoms with Crippen molar-refractivity contribution in [3.05, 3.63) is 59.7 Å². The van der Waals surface area contributed by atoms with Crippen LogP contribution in [0.2, 0.25) is 0 Å². The van der Waals surface area contributed by atoms with E-state index >= 15 is 0 Å². The molecule has 4 rings (SSSR count). The molecular formula is C26H30N2O6. The normalized spacial score (nSPS) is 18.2. The average molecular weight is 467 g/mol. The van der Waals surface area contributed by atoms with Crippen LogP contribution in [-0.2, 0) is 19.1 Å². The van der Waals surface area contributed by atoms with Gasteiger partial charge in [0.1, 0.15) is 6.61 Å². The minimum Gasteiger partial charge on any atom is -0.479 e. The summed E-state index contributed by atoms with van der Waals surface area (Å²) in [5.74, 6) is -1.36. The van der Waals surface area contributed by atoms with Gasteiger partial charge in [-0.1, -0.05) is 62.4 Å². The zero-order valence-corrected chi connectivity index (χ0v) is 19.4. The zero-order valence-electron chi connectivity index (χ0n) is 19.4. The third-order valence-electron chi connectivity index (χ3n) is 6.54. The highest BCUT2D eigenvalue weighted by atomic mass is 16.5. The maximum Gasteiger partial charge on any atom is 0.407 e. The molecule has 1 saturated heterocycles. The highest BCUT2D eigenvalue weighted by Crippen LogP contribution is 2.44. The highest BCUT2D eigenvalue weighted by molar-refractivity contribution is 5.80. The molecule has 0 aromatic heterocycles. The van der Waals surface area contributed by atoms with Gasteiger partial charge >= 0.3 is 12.1 Å². The molecule has 2 aromatic carbocycles. The fraction of sp³-hybridized carbons (Fsp3) is 0.423. The summed E-state index contributed by atoms with van der Waals surface area (Å²) in [6.07, 6.45) is -1.53. The SMILES string of the molecule is CC(C)[C@H](CC(=O)N1CCOC(C(=O)O)C1)NC(=O)OCC1c2ccccc2-c2ccccc21. The van der Waals surface area contributed by atoms with E-state index in [-0.39, 0.29) is 43.9 Å². The number of amides is 2. The maximum absolute atomic E-state index is 12.8. The van der Waals surface area contributed by atoms with Gasteiger partial charge in [-0.2, -0.15) is 0 Å². The van der Waals surface area contributed by atoms with Gasteiger partial charge in [0.15, 0.2) is 6.10 Å². The van der Waals surface area contributed by atoms with Gasteiger partial charge in [0.2, 0.25) is 5.91 Å². The molecule has 0 radical (unpaired) electrons. The van der Waals surface area contributed by atoms with Crippen LogP contribution in [0.5, 0.6) is 0 Å². The summed E-state index contributed by atoms with van der Waals surface area (Å²) in [5.41, 5.74) is 4.57. The smallest absolute Gasteiger partial charge is 0.407 e. The fourth-order valence-corrected chi connectivity index (χ4v) is 4.59. The highest BCUT2D eigenvalue weighted by Gasteiger charge is 2.32. The molecule has 2 atom stereocenters. The van der Waals surface area contributed by atoms with Gasteiger partial charge in [-0.15, -0.1) is 0 Å². The van der Waals surface area contributed by atoms with Gasteiger partial charge in [0.25, 0.3) is 0 Å². The van der Waals surface area contributed by atoms with Crippen LogP contribution < -0.4 is 5.32 Å². The number of nitrogens with zero attached hydrogens (tertiary/aromatic N) is 1. The number of carboxylic acids is 1. The number of alkyl carbamates (subject to hydrolysis) is 1. The van der Waals surface area contributed by atoms with Crippen LogP contribution >= 0.6 is 0 Å². The van der Waals surface area contributed by atoms with Crippen LogP contribution in [0.3, 0.4) is 0 Å². The molecule has 1 aliphatic heterocycles. The lowest BCUT2D eigenvalue weighted by Gasteiger charge is -2.32. The number of hydrogen-bond acceptors (Lipinski definition) is 5. The van der Waals surface area contributed by atoms with Crippen molar-refractivity contribution in [2.75, 3.05) is 26.3 Å². The van der Waals surface area contributed by atoms with Crippen LogP contribution in [0.4, 0.5) is 4.79 Å². The topological polar surface area (TPSA) is 105 Å². The van der Waals surface area contributed by atoms with Crippen LogP contribution in [0.25, 0.3) is 11.1 Å². The second-order valence-corrected chi connectivity index (χ2v) is 9.06. The van der Waals surface area contributed by atoms with Gasteiger partial charge in [-0.3, -0.25) is 4.79 Å². The van der Waals surface area contributed by atoms with E-state index in [1.807, 2.05) is 38.1 Å². The number of hydrogen-bond donors (Lipinski definition) is 2. The van der Waals surface area contributed by atoms with E-state index in [0.29, 0.717) is 6.54 Å². The number of carboxylic acid groups (broad SMARTS) is 1. The van der Waals surface area contributed by atoms with E-state index in [2.05, 4.69) is 29.6 Å². The Balaban J connectivity index is 1.36. The van der Waals surface area contributed by atoms with Crippen LogP contribution in [0.1, 0.15) is 37.3 Å². The first-order chi connectivity index (χ1) is 16.3. The molecule has 1 unspecified atom stereocenters. The van der Waals surface area contributed by atoms with Crippen molar-refractivity contribution in [1.29, 1.82) is 0 Å². The number of ether oxygens (including phenoxy) is 2. The van der Waals surface area contributed by atoms with E-state index in [1.165, 1.54) is 4.90 Å². The molecular weight excluding hydrogens is 436 g/mol. The fourth-order valence-electron chi connectivity index (χ4n) is 4.59. The molecule has 0 spiro atoms. The Kier molecular flexibility index (Phi) is 7.17. The first-order valence-corrected chi connectivity index (χ1v) is 11.6. The molecule has 2 N–H and O–H groups in total. The lowest BCUT2D eigenvalue weighted by Crippen LogP contribution is -2.50. The van der Waals surface area contributed by atoms with Gasteiger partial charge in [-0.05, 0) is 28.2 Å². The summed E-state index contributed by atoms with van der Waals surface area (Å²) in [6.45, 7) is 4.54. The van der Waals surface area contributed by atoms with E-state index in [0.717, 1.165) is 22.3 Å². The maximum atomic E-state index is 12.8. The Hall–Kier alpha value is -3.39. The molecule has 1 heterocycles. The first kappa shape index (κ1) is 23.8. The van der Waals surface area contributed by atoms with Gasteiger partial charge in [0, 0.05) is 24.9 Å². The average Bonchev–Trinajstić information content (AvgIpc) is 3.16. The van der Waals surface area contributed by atoms with Crippen molar-refractivity contribution >= 4 is 18.0 Å². The number of carbonyl (C=O) groups excluding carboxylic acids is 2. The Morgan fingerprint density at radius 1 is 1.09 bits per heavy atom. The quantitative estimate of drug-likeness (QED) is 0.649. The lowest BCUT2D eigenvalue weighted by molar-refractivity contribution is -0.159. The monoisotopic (exact) mass is 466 g/mol. The van der Waals surface area contributed by atoms with Crippen molar-refractivity contribution < 1.29 is 29.0 Å². The van der Waals surface area contributed by atoms with E-state index in [1.54, 1.807) is 0 Å². The summed E-state index contributed by atoms with van der Waals surface area (Å²) in [5, 5.41) is 12.0. The summed E-state index contributed by atoms with van der Waals surface area (Å²) in [4.78, 5) is 38.2. The zero-order chi connectivity index (χ0) is 24.2. The molecule has 0 bridgehead atoms. The van der Waals surface area contributed by atoms with Crippen molar-refractivity contribution in [2.24, 2.45) is 5.92 Å². The Morgan fingerprint density at radius 3 is 2.29 bits per heavy atom. The number of morpholine rings is 1. The number of fused-ring (bicyclic) bond motifs is 3. The molecule has 1 aliphatic carbocycles. The Bertz CT molecular complexity index is 1020. The molecule has 1 fully saturated rings. The third-order valence-corrected chi connectivity index (χ3v) is 6.54. The minimum atomic E-state index is -1.09. The van der Waals surface area contributed by atoms with E-state index < -0.39 is 24.2 Å². The Morgan fingerprint density at radius 2 is 1.71 bits per heavy atom. The third kappa shape index (κ3) is 5.07. The van der Waals surface area contributed by atoms with Crippen molar-refractivity contribution in [3.8, 4) is 11.1 Å². The predicted octanol–water partition coefficient (Wildman–Crippen LogP) is 3.25. The summed E-state index contributed by atoms with van der Waals surface area (Å²) < 4.78 is 10.8. The second-order valence-electron chi connectivity index (χ2n) is 9.06. The van der Waals surface area contributed by atoms with Crippen molar-refractivity contribution in [1.82, 2.24) is 10.2 Å². The molecule has 2 aromatic rings. The van der Waals surface area contributed by atoms with E-state index in [9.17, 15) is 14.4 Å². The number of aliphatic carboxylic acids is 1. The Labute approximate surface area is 198 Å². The van der Waals surface area contributed by atoms with Crippen molar-refractivity contribution in [2.45, 2.75) is 38.3 Å². The molecule has 34 heavy (non-hydrogen) atoms. The standard InChI is InChI=1S/C26H30N2O6/c1-16(2)22(13-24(29)28-11-12-33-23(14-28)25(30)31)27-26(32)34-15-21-19-9-5-3-7-17(19)18-8-4-6-10-20(18)21/h3-10,16,21-23H,11-15H2,1-2H3,(H,27,32)(H,30,31)/t22-,23?/m0/s1. The molecule has 2 aliphatic rings. The van der Waals surface area contributed by atoms with Crippen LogP contribution in [-0.4, -0.2) is 66.4 Å². The van der Waals surface area contributed by atoms with E-state index in [4.69, 9.17) is 14.6 Å². The number of rotatable bonds is 7. The molecule has 8 nitrogen and oxygen atoms in total.